The highest BCUT2D eigenvalue weighted by Crippen LogP contribution is 2.26. The number of carbonyl (C=O) groups is 1. The summed E-state index contributed by atoms with van der Waals surface area (Å²) in [7, 11) is 4.01. The zero-order valence-corrected chi connectivity index (χ0v) is 16.9. The van der Waals surface area contributed by atoms with Gasteiger partial charge in [-0.25, -0.2) is 14.8 Å². The van der Waals surface area contributed by atoms with Crippen LogP contribution >= 0.6 is 0 Å². The number of piperazine rings is 1. The van der Waals surface area contributed by atoms with Gasteiger partial charge in [0, 0.05) is 87.3 Å². The Morgan fingerprint density at radius 3 is 2.55 bits per heavy atom. The summed E-state index contributed by atoms with van der Waals surface area (Å²) in [4.78, 5) is 28.5. The molecule has 0 radical (unpaired) electrons. The van der Waals surface area contributed by atoms with E-state index in [0.29, 0.717) is 13.1 Å². The molecular weight excluding hydrogens is 366 g/mol. The molecule has 29 heavy (non-hydrogen) atoms. The molecule has 2 aliphatic heterocycles. The minimum atomic E-state index is 0.145. The molecule has 5 heterocycles. The molecule has 0 unspecified atom stereocenters. The van der Waals surface area contributed by atoms with Crippen LogP contribution in [0.2, 0.25) is 0 Å². The Hall–Kier alpha value is -3.00. The molecule has 2 aliphatic rings. The van der Waals surface area contributed by atoms with Gasteiger partial charge >= 0.3 is 6.03 Å². The average molecular weight is 391 g/mol. The van der Waals surface area contributed by atoms with Crippen molar-refractivity contribution in [2.45, 2.75) is 13.0 Å². The number of rotatable bonds is 1. The van der Waals surface area contributed by atoms with Gasteiger partial charge in [-0.2, -0.15) is 5.10 Å². The molecule has 8 heteroatoms. The van der Waals surface area contributed by atoms with Crippen LogP contribution in [-0.2, 0) is 20.0 Å². The summed E-state index contributed by atoms with van der Waals surface area (Å²) in [6.45, 7) is 4.79. The lowest BCUT2D eigenvalue weighted by Gasteiger charge is -2.37. The molecule has 8 nitrogen and oxygen atoms in total. The second-order valence-electron chi connectivity index (χ2n) is 8.01. The summed E-state index contributed by atoms with van der Waals surface area (Å²) < 4.78 is 1.78. The van der Waals surface area contributed by atoms with E-state index in [4.69, 9.17) is 4.98 Å². The lowest BCUT2D eigenvalue weighted by molar-refractivity contribution is 0.118. The zero-order chi connectivity index (χ0) is 20.0. The normalized spacial score (nSPS) is 17.6. The molecule has 5 rings (SSSR count). The van der Waals surface area contributed by atoms with Crippen LogP contribution in [0.4, 0.5) is 4.79 Å². The molecule has 150 valence electrons. The maximum atomic E-state index is 13.0. The lowest BCUT2D eigenvalue weighted by atomic mass is 10.0. The van der Waals surface area contributed by atoms with Crippen molar-refractivity contribution in [3.8, 4) is 11.1 Å². The van der Waals surface area contributed by atoms with Gasteiger partial charge in [-0.05, 0) is 24.7 Å². The summed E-state index contributed by atoms with van der Waals surface area (Å²) in [5.74, 6) is 0. The summed E-state index contributed by atoms with van der Waals surface area (Å²) >= 11 is 0. The first-order valence-electron chi connectivity index (χ1n) is 10.1. The molecule has 1 saturated heterocycles. The molecule has 0 aliphatic carbocycles. The molecule has 2 amide bonds. The van der Waals surface area contributed by atoms with Gasteiger partial charge in [0.15, 0.2) is 5.65 Å². The Morgan fingerprint density at radius 1 is 0.966 bits per heavy atom. The van der Waals surface area contributed by atoms with Gasteiger partial charge < -0.3 is 14.7 Å². The smallest absolute Gasteiger partial charge is 0.320 e. The van der Waals surface area contributed by atoms with Crippen molar-refractivity contribution >= 4 is 17.1 Å². The van der Waals surface area contributed by atoms with Crippen LogP contribution < -0.4 is 0 Å². The van der Waals surface area contributed by atoms with Gasteiger partial charge in [-0.3, -0.25) is 4.68 Å². The van der Waals surface area contributed by atoms with Gasteiger partial charge in [0.05, 0.1) is 6.20 Å². The van der Waals surface area contributed by atoms with Crippen molar-refractivity contribution in [3.05, 3.63) is 42.0 Å². The zero-order valence-electron chi connectivity index (χ0n) is 16.9. The van der Waals surface area contributed by atoms with Crippen molar-refractivity contribution in [1.29, 1.82) is 0 Å². The fourth-order valence-electron chi connectivity index (χ4n) is 4.11. The van der Waals surface area contributed by atoms with Crippen molar-refractivity contribution in [3.63, 3.8) is 0 Å². The number of hydrogen-bond acceptors (Lipinski definition) is 5. The van der Waals surface area contributed by atoms with E-state index in [0.717, 1.165) is 66.0 Å². The molecule has 1 fully saturated rings. The van der Waals surface area contributed by atoms with E-state index in [9.17, 15) is 4.79 Å². The monoisotopic (exact) mass is 391 g/mol. The first-order chi connectivity index (χ1) is 14.1. The fraction of sp³-hybridized carbons (Fsp3) is 0.429. The highest BCUT2D eigenvalue weighted by molar-refractivity contribution is 5.82. The quantitative estimate of drug-likeness (QED) is 0.632. The summed E-state index contributed by atoms with van der Waals surface area (Å²) in [6.07, 6.45) is 6.44. The third-order valence-corrected chi connectivity index (χ3v) is 5.90. The number of aromatic nitrogens is 4. The summed E-state index contributed by atoms with van der Waals surface area (Å²) in [6, 6.07) is 4.40. The molecule has 0 aromatic carbocycles. The van der Waals surface area contributed by atoms with Crippen molar-refractivity contribution < 1.29 is 4.79 Å². The number of nitrogens with zero attached hydrogens (tertiary/aromatic N) is 7. The van der Waals surface area contributed by atoms with Crippen LogP contribution in [0.1, 0.15) is 11.3 Å². The molecule has 3 aromatic heterocycles. The maximum Gasteiger partial charge on any atom is 0.320 e. The van der Waals surface area contributed by atoms with E-state index in [1.54, 1.807) is 4.68 Å². The average Bonchev–Trinajstić information content (AvgIpc) is 3.18. The van der Waals surface area contributed by atoms with Crippen molar-refractivity contribution in [2.24, 2.45) is 7.05 Å². The number of aryl methyl sites for hydroxylation is 1. The van der Waals surface area contributed by atoms with E-state index in [1.807, 2.05) is 35.4 Å². The third-order valence-electron chi connectivity index (χ3n) is 5.90. The SMILES string of the molecule is CN1CCN(C(=O)N2CCc3nc4ncc(-c5cnn(C)c5)cc4cc3C2)CC1. The number of carbonyl (C=O) groups excluding carboxylic acids is 1. The predicted octanol–water partition coefficient (Wildman–Crippen LogP) is 1.76. The fourth-order valence-corrected chi connectivity index (χ4v) is 4.11. The van der Waals surface area contributed by atoms with Gasteiger partial charge in [-0.1, -0.05) is 0 Å². The Balaban J connectivity index is 1.40. The first-order valence-corrected chi connectivity index (χ1v) is 10.1. The number of fused-ring (bicyclic) bond motifs is 2. The Kier molecular flexibility index (Phi) is 4.43. The van der Waals surface area contributed by atoms with Gasteiger partial charge in [0.2, 0.25) is 0 Å². The summed E-state index contributed by atoms with van der Waals surface area (Å²) in [5, 5.41) is 5.24. The summed E-state index contributed by atoms with van der Waals surface area (Å²) in [5.41, 5.74) is 4.99. The topological polar surface area (TPSA) is 70.4 Å². The number of pyridine rings is 2. The minimum absolute atomic E-state index is 0.145. The van der Waals surface area contributed by atoms with Gasteiger partial charge in [-0.15, -0.1) is 0 Å². The van der Waals surface area contributed by atoms with E-state index in [-0.39, 0.29) is 6.03 Å². The third kappa shape index (κ3) is 3.44. The second-order valence-corrected chi connectivity index (χ2v) is 8.01. The number of hydrogen-bond donors (Lipinski definition) is 0. The van der Waals surface area contributed by atoms with Crippen LogP contribution in [-0.4, -0.2) is 80.3 Å². The molecule has 0 spiro atoms. The maximum absolute atomic E-state index is 13.0. The van der Waals surface area contributed by atoms with E-state index in [2.05, 4.69) is 34.2 Å². The number of likely N-dealkylation sites (N-methyl/N-ethyl adjacent to an activating group) is 1. The van der Waals surface area contributed by atoms with E-state index < -0.39 is 0 Å². The number of urea groups is 1. The Bertz CT molecular complexity index is 1070. The number of amides is 2. The van der Waals surface area contributed by atoms with Crippen LogP contribution in [0.25, 0.3) is 22.2 Å². The standard InChI is InChI=1S/C21H25N7O/c1-25-5-7-27(8-6-25)21(29)28-4-3-19-17(14-28)10-15-9-16(11-22-20(15)24-19)18-12-23-26(2)13-18/h9-13H,3-8,14H2,1-2H3. The van der Waals surface area contributed by atoms with E-state index in [1.165, 1.54) is 0 Å². The molecule has 0 saturated carbocycles. The van der Waals surface area contributed by atoms with Crippen molar-refractivity contribution in [2.75, 3.05) is 39.8 Å². The van der Waals surface area contributed by atoms with Gasteiger partial charge in [0.25, 0.3) is 0 Å². The van der Waals surface area contributed by atoms with Gasteiger partial charge in [0.1, 0.15) is 0 Å². The lowest BCUT2D eigenvalue weighted by Crippen LogP contribution is -2.52. The molecule has 0 bridgehead atoms. The van der Waals surface area contributed by atoms with E-state index >= 15 is 0 Å². The Labute approximate surface area is 169 Å². The largest absolute Gasteiger partial charge is 0.322 e. The molecule has 3 aromatic rings. The highest BCUT2D eigenvalue weighted by Gasteiger charge is 2.27. The minimum Gasteiger partial charge on any atom is -0.322 e. The van der Waals surface area contributed by atoms with Crippen molar-refractivity contribution in [1.82, 2.24) is 34.4 Å². The predicted molar refractivity (Wildman–Crippen MR) is 110 cm³/mol. The highest BCUT2D eigenvalue weighted by atomic mass is 16.2. The van der Waals surface area contributed by atoms with Crippen LogP contribution in [0, 0.1) is 0 Å². The Morgan fingerprint density at radius 2 is 1.79 bits per heavy atom. The van der Waals surface area contributed by atoms with Crippen LogP contribution in [0.15, 0.2) is 30.7 Å². The molecule has 0 N–H and O–H groups in total. The van der Waals surface area contributed by atoms with Crippen LogP contribution in [0.3, 0.4) is 0 Å². The molecule has 0 atom stereocenters. The molecular formula is C21H25N7O. The van der Waals surface area contributed by atoms with Crippen LogP contribution in [0.5, 0.6) is 0 Å². The second kappa shape index (κ2) is 7.11. The first kappa shape index (κ1) is 18.1.